The zero-order chi connectivity index (χ0) is 20.8. The van der Waals surface area contributed by atoms with Crippen LogP contribution in [0.2, 0.25) is 0 Å². The van der Waals surface area contributed by atoms with E-state index >= 15 is 0 Å². The molecule has 5 heteroatoms. The van der Waals surface area contributed by atoms with Crippen molar-refractivity contribution in [3.05, 3.63) is 65.1 Å². The Balaban J connectivity index is 1.55. The van der Waals surface area contributed by atoms with Crippen LogP contribution in [0.3, 0.4) is 0 Å². The smallest absolute Gasteiger partial charge is 0.165 e. The van der Waals surface area contributed by atoms with Gasteiger partial charge in [0.1, 0.15) is 5.65 Å². The molecule has 3 aromatic rings. The normalized spacial score (nSPS) is 22.0. The molecule has 0 saturated carbocycles. The van der Waals surface area contributed by atoms with Gasteiger partial charge >= 0.3 is 0 Å². The molecular weight excluding hydrogens is 372 g/mol. The van der Waals surface area contributed by atoms with Crippen molar-refractivity contribution < 1.29 is 4.79 Å². The molecule has 30 heavy (non-hydrogen) atoms. The molecule has 2 unspecified atom stereocenters. The number of nitrogens with one attached hydrogen (secondary N) is 1. The molecule has 3 heterocycles. The van der Waals surface area contributed by atoms with Gasteiger partial charge in [0.05, 0.1) is 5.69 Å². The average molecular weight is 401 g/mol. The summed E-state index contributed by atoms with van der Waals surface area (Å²) in [5, 5.41) is 3.50. The first kappa shape index (κ1) is 19.1. The van der Waals surface area contributed by atoms with E-state index in [1.54, 1.807) is 0 Å². The minimum absolute atomic E-state index is 0.163. The lowest BCUT2D eigenvalue weighted by atomic mass is 9.93. The van der Waals surface area contributed by atoms with Crippen LogP contribution in [-0.4, -0.2) is 40.8 Å². The number of rotatable bonds is 2. The topological polar surface area (TPSA) is 49.6 Å². The number of aryl methyl sites for hydroxylation is 1. The third-order valence-electron chi connectivity index (χ3n) is 6.30. The van der Waals surface area contributed by atoms with E-state index in [9.17, 15) is 4.79 Å². The number of pyridine rings is 1. The number of fused-ring (bicyclic) bond motifs is 2. The van der Waals surface area contributed by atoms with Gasteiger partial charge in [-0.25, -0.2) is 4.98 Å². The van der Waals surface area contributed by atoms with E-state index in [0.29, 0.717) is 18.0 Å². The van der Waals surface area contributed by atoms with Gasteiger partial charge < -0.3 is 14.6 Å². The Hall–Kier alpha value is -2.92. The van der Waals surface area contributed by atoms with Crippen molar-refractivity contribution in [2.75, 3.05) is 24.5 Å². The summed E-state index contributed by atoms with van der Waals surface area (Å²) in [5.74, 6) is 0.344. The first-order valence-electron chi connectivity index (χ1n) is 10.8. The monoisotopic (exact) mass is 400 g/mol. The van der Waals surface area contributed by atoms with Crippen molar-refractivity contribution in [3.63, 3.8) is 0 Å². The quantitative estimate of drug-likeness (QED) is 0.705. The van der Waals surface area contributed by atoms with Gasteiger partial charge in [0.25, 0.3) is 0 Å². The maximum atomic E-state index is 13.1. The minimum atomic E-state index is 0.163. The summed E-state index contributed by atoms with van der Waals surface area (Å²) in [5.41, 5.74) is 7.13. The van der Waals surface area contributed by atoms with Gasteiger partial charge in [0, 0.05) is 55.8 Å². The number of allylic oxidation sites excluding steroid dienone is 1. The number of nitrogens with zero attached hydrogens (tertiary/aromatic N) is 3. The van der Waals surface area contributed by atoms with Crippen LogP contribution in [0.1, 0.15) is 48.6 Å². The lowest BCUT2D eigenvalue weighted by molar-refractivity contribution is -0.113. The average Bonchev–Trinajstić information content (AvgIpc) is 3.09. The molecule has 154 valence electrons. The lowest BCUT2D eigenvalue weighted by Gasteiger charge is -2.34. The number of piperazine rings is 1. The van der Waals surface area contributed by atoms with Gasteiger partial charge in [-0.05, 0) is 60.7 Å². The van der Waals surface area contributed by atoms with Crippen LogP contribution in [0.25, 0.3) is 17.3 Å². The van der Waals surface area contributed by atoms with Crippen molar-refractivity contribution in [2.24, 2.45) is 0 Å². The number of hydrogen-bond donors (Lipinski definition) is 1. The highest BCUT2D eigenvalue weighted by Gasteiger charge is 2.25. The summed E-state index contributed by atoms with van der Waals surface area (Å²) in [6, 6.07) is 11.2. The predicted molar refractivity (Wildman–Crippen MR) is 122 cm³/mol. The van der Waals surface area contributed by atoms with E-state index in [4.69, 9.17) is 4.98 Å². The van der Waals surface area contributed by atoms with Crippen LogP contribution >= 0.6 is 0 Å². The molecule has 1 aromatic carbocycles. The van der Waals surface area contributed by atoms with E-state index in [0.717, 1.165) is 36.5 Å². The zero-order valence-corrected chi connectivity index (χ0v) is 17.9. The van der Waals surface area contributed by atoms with Gasteiger partial charge in [-0.1, -0.05) is 19.1 Å². The zero-order valence-electron chi connectivity index (χ0n) is 17.9. The van der Waals surface area contributed by atoms with Gasteiger partial charge in [0.15, 0.2) is 5.78 Å². The summed E-state index contributed by atoms with van der Waals surface area (Å²) in [6.07, 6.45) is 6.57. The fourth-order valence-corrected chi connectivity index (χ4v) is 4.67. The van der Waals surface area contributed by atoms with Crippen molar-refractivity contribution in [1.29, 1.82) is 0 Å². The molecule has 0 spiro atoms. The second kappa shape index (κ2) is 7.40. The molecule has 5 nitrogen and oxygen atoms in total. The third kappa shape index (κ3) is 3.43. The Morgan fingerprint density at radius 1 is 1.13 bits per heavy atom. The summed E-state index contributed by atoms with van der Waals surface area (Å²) >= 11 is 0. The molecule has 2 atom stereocenters. The van der Waals surface area contributed by atoms with Gasteiger partial charge in [0.2, 0.25) is 0 Å². The van der Waals surface area contributed by atoms with Crippen LogP contribution in [-0.2, 0) is 4.79 Å². The van der Waals surface area contributed by atoms with Gasteiger partial charge in [-0.3, -0.25) is 4.79 Å². The Labute approximate surface area is 177 Å². The number of hydrogen-bond acceptors (Lipinski definition) is 4. The molecule has 0 radical (unpaired) electrons. The van der Waals surface area contributed by atoms with Gasteiger partial charge in [-0.2, -0.15) is 0 Å². The van der Waals surface area contributed by atoms with E-state index in [2.05, 4.69) is 49.2 Å². The highest BCUT2D eigenvalue weighted by molar-refractivity contribution is 6.25. The fraction of sp³-hybridized carbons (Fsp3) is 0.360. The van der Waals surface area contributed by atoms with E-state index in [1.807, 2.05) is 35.0 Å². The standard InChI is InChI=1S/C25H28N4O/c1-16-4-7-25-27-23(15-29(25)13-16)22-11-19-5-6-20(28-9-8-26-18(3)14-28)12-21(19)17(2)10-24(22)30/h4-7,11-13,15,17-18,26H,8-10,14H2,1-3H3. The number of imidazole rings is 1. The fourth-order valence-electron chi connectivity index (χ4n) is 4.67. The molecule has 2 aliphatic rings. The highest BCUT2D eigenvalue weighted by atomic mass is 16.1. The molecular formula is C25H28N4O. The van der Waals surface area contributed by atoms with Crippen LogP contribution in [0.15, 0.2) is 42.7 Å². The van der Waals surface area contributed by atoms with E-state index in [1.165, 1.54) is 16.8 Å². The second-order valence-corrected chi connectivity index (χ2v) is 8.80. The van der Waals surface area contributed by atoms with Crippen LogP contribution < -0.4 is 10.2 Å². The largest absolute Gasteiger partial charge is 0.369 e. The van der Waals surface area contributed by atoms with Crippen molar-refractivity contribution in [3.8, 4) is 0 Å². The molecule has 1 saturated heterocycles. The number of carbonyl (C=O) groups excluding carboxylic acids is 1. The summed E-state index contributed by atoms with van der Waals surface area (Å²) in [6.45, 7) is 9.46. The van der Waals surface area contributed by atoms with Crippen LogP contribution in [0, 0.1) is 6.92 Å². The number of carbonyl (C=O) groups is 1. The Morgan fingerprint density at radius 3 is 2.83 bits per heavy atom. The van der Waals surface area contributed by atoms with Crippen LogP contribution in [0.4, 0.5) is 5.69 Å². The molecule has 1 N–H and O–H groups in total. The second-order valence-electron chi connectivity index (χ2n) is 8.80. The maximum absolute atomic E-state index is 13.1. The maximum Gasteiger partial charge on any atom is 0.165 e. The molecule has 0 amide bonds. The molecule has 0 bridgehead atoms. The Bertz CT molecular complexity index is 1160. The van der Waals surface area contributed by atoms with Crippen molar-refractivity contribution in [2.45, 2.75) is 39.2 Å². The van der Waals surface area contributed by atoms with E-state index < -0.39 is 0 Å². The molecule has 5 rings (SSSR count). The predicted octanol–water partition coefficient (Wildman–Crippen LogP) is 4.06. The Morgan fingerprint density at radius 2 is 2.00 bits per heavy atom. The number of anilines is 1. The lowest BCUT2D eigenvalue weighted by Crippen LogP contribution is -2.49. The number of ketones is 1. The molecule has 2 aromatic heterocycles. The summed E-state index contributed by atoms with van der Waals surface area (Å²) < 4.78 is 2.00. The molecule has 1 aliphatic heterocycles. The number of Topliss-reactive ketones (excluding diaryl/α,β-unsaturated/α-hetero) is 1. The number of benzene rings is 1. The van der Waals surface area contributed by atoms with E-state index in [-0.39, 0.29) is 11.7 Å². The first-order valence-corrected chi connectivity index (χ1v) is 10.8. The van der Waals surface area contributed by atoms with Crippen LogP contribution in [0.5, 0.6) is 0 Å². The molecule has 1 fully saturated rings. The van der Waals surface area contributed by atoms with Crippen molar-refractivity contribution >= 4 is 28.8 Å². The number of aromatic nitrogens is 2. The van der Waals surface area contributed by atoms with Crippen molar-refractivity contribution in [1.82, 2.24) is 14.7 Å². The first-order chi connectivity index (χ1) is 14.5. The molecule has 1 aliphatic carbocycles. The highest BCUT2D eigenvalue weighted by Crippen LogP contribution is 2.35. The Kier molecular flexibility index (Phi) is 4.70. The van der Waals surface area contributed by atoms with Gasteiger partial charge in [-0.15, -0.1) is 0 Å². The SMILES string of the molecule is Cc1ccc2nc(C3=Cc4ccc(N5CCNC(C)C5)cc4C(C)CC3=O)cn2c1. The third-order valence-corrected chi connectivity index (χ3v) is 6.30. The summed E-state index contributed by atoms with van der Waals surface area (Å²) in [7, 11) is 0. The minimum Gasteiger partial charge on any atom is -0.369 e. The summed E-state index contributed by atoms with van der Waals surface area (Å²) in [4.78, 5) is 20.3.